The van der Waals surface area contributed by atoms with Crippen molar-refractivity contribution in [3.8, 4) is 11.5 Å². The van der Waals surface area contributed by atoms with Gasteiger partial charge in [0.25, 0.3) is 0 Å². The van der Waals surface area contributed by atoms with Crippen LogP contribution in [-0.4, -0.2) is 70.2 Å². The van der Waals surface area contributed by atoms with Gasteiger partial charge in [-0.25, -0.2) is 8.42 Å². The topological polar surface area (TPSA) is 68.3 Å². The molecule has 0 unspecified atom stereocenters. The summed E-state index contributed by atoms with van der Waals surface area (Å²) in [5.74, 6) is 1.53. The average molecular weight is 419 g/mol. The van der Waals surface area contributed by atoms with Crippen LogP contribution in [0, 0.1) is 0 Å². The number of morpholine rings is 1. The second-order valence-electron chi connectivity index (χ2n) is 7.36. The first-order chi connectivity index (χ1) is 14.0. The molecule has 0 radical (unpaired) electrons. The van der Waals surface area contributed by atoms with Gasteiger partial charge in [0, 0.05) is 26.2 Å². The fraction of sp³-hybridized carbons (Fsp3) is 0.429. The van der Waals surface area contributed by atoms with Gasteiger partial charge in [0.05, 0.1) is 18.1 Å². The summed E-state index contributed by atoms with van der Waals surface area (Å²) in [5, 5.41) is 0. The Morgan fingerprint density at radius 2 is 1.83 bits per heavy atom. The van der Waals surface area contributed by atoms with Crippen molar-refractivity contribution in [1.82, 2.24) is 9.21 Å². The molecule has 29 heavy (non-hydrogen) atoms. The summed E-state index contributed by atoms with van der Waals surface area (Å²) < 4.78 is 44.3. The van der Waals surface area contributed by atoms with Crippen LogP contribution in [-0.2, 0) is 21.3 Å². The smallest absolute Gasteiger partial charge is 0.243 e. The Kier molecular flexibility index (Phi) is 6.05. The Labute approximate surface area is 171 Å². The van der Waals surface area contributed by atoms with Gasteiger partial charge in [-0.2, -0.15) is 4.31 Å². The number of ether oxygens (including phenoxy) is 3. The van der Waals surface area contributed by atoms with E-state index in [2.05, 4.69) is 4.90 Å². The van der Waals surface area contributed by atoms with Crippen LogP contribution in [0.25, 0.3) is 0 Å². The van der Waals surface area contributed by atoms with Gasteiger partial charge in [-0.3, -0.25) is 4.90 Å². The van der Waals surface area contributed by atoms with Crippen molar-refractivity contribution in [2.75, 3.05) is 46.5 Å². The monoisotopic (exact) mass is 418 g/mol. The number of benzene rings is 2. The molecular weight excluding hydrogens is 392 g/mol. The average Bonchev–Trinajstić information content (AvgIpc) is 2.74. The van der Waals surface area contributed by atoms with Crippen LogP contribution < -0.4 is 9.47 Å². The Hall–Kier alpha value is -2.13. The molecule has 2 aromatic carbocycles. The van der Waals surface area contributed by atoms with E-state index in [9.17, 15) is 8.42 Å². The third-order valence-electron chi connectivity index (χ3n) is 5.04. The number of nitrogens with zero attached hydrogens (tertiary/aromatic N) is 2. The van der Waals surface area contributed by atoms with E-state index in [-0.39, 0.29) is 6.10 Å². The number of rotatable bonds is 6. The first kappa shape index (κ1) is 20.2. The molecule has 156 valence electrons. The molecule has 0 aromatic heterocycles. The Morgan fingerprint density at radius 1 is 1.07 bits per heavy atom. The second-order valence-corrected chi connectivity index (χ2v) is 9.30. The van der Waals surface area contributed by atoms with Crippen LogP contribution in [0.3, 0.4) is 0 Å². The zero-order chi connectivity index (χ0) is 20.3. The number of sulfonamides is 1. The highest BCUT2D eigenvalue weighted by Crippen LogP contribution is 2.31. The van der Waals surface area contributed by atoms with E-state index >= 15 is 0 Å². The van der Waals surface area contributed by atoms with Gasteiger partial charge in [0.15, 0.2) is 11.5 Å². The molecule has 8 heteroatoms. The summed E-state index contributed by atoms with van der Waals surface area (Å²) in [4.78, 5) is 2.44. The predicted molar refractivity (Wildman–Crippen MR) is 109 cm³/mol. The van der Waals surface area contributed by atoms with Crippen LogP contribution in [0.2, 0.25) is 0 Å². The summed E-state index contributed by atoms with van der Waals surface area (Å²) in [5.41, 5.74) is 0.943. The minimum atomic E-state index is -3.49. The summed E-state index contributed by atoms with van der Waals surface area (Å²) >= 11 is 0. The minimum Gasteiger partial charge on any atom is -0.486 e. The lowest BCUT2D eigenvalue weighted by atomic mass is 10.2. The second kappa shape index (κ2) is 8.71. The molecule has 1 saturated heterocycles. The molecule has 1 fully saturated rings. The van der Waals surface area contributed by atoms with Gasteiger partial charge in [0.2, 0.25) is 10.0 Å². The van der Waals surface area contributed by atoms with Crippen molar-refractivity contribution in [2.45, 2.75) is 17.5 Å². The molecule has 2 aliphatic heterocycles. The molecule has 2 aliphatic rings. The fourth-order valence-electron chi connectivity index (χ4n) is 3.62. The van der Waals surface area contributed by atoms with Crippen molar-refractivity contribution in [3.05, 3.63) is 54.1 Å². The summed E-state index contributed by atoms with van der Waals surface area (Å²) in [6.07, 6.45) is -0.0739. The van der Waals surface area contributed by atoms with E-state index in [0.29, 0.717) is 50.9 Å². The van der Waals surface area contributed by atoms with Crippen molar-refractivity contribution >= 4 is 10.0 Å². The molecule has 0 bridgehead atoms. The Balaban J connectivity index is 1.39. The van der Waals surface area contributed by atoms with E-state index < -0.39 is 10.0 Å². The normalized spacial score (nSPS) is 20.0. The molecular formula is C21H26N2O5S. The van der Waals surface area contributed by atoms with Crippen LogP contribution in [0.1, 0.15) is 5.56 Å². The van der Waals surface area contributed by atoms with Gasteiger partial charge in [0.1, 0.15) is 12.7 Å². The summed E-state index contributed by atoms with van der Waals surface area (Å²) in [7, 11) is -1.50. The van der Waals surface area contributed by atoms with Gasteiger partial charge in [-0.1, -0.05) is 24.3 Å². The van der Waals surface area contributed by atoms with Crippen molar-refractivity contribution < 1.29 is 22.6 Å². The number of hydrogen-bond acceptors (Lipinski definition) is 6. The highest BCUT2D eigenvalue weighted by molar-refractivity contribution is 7.89. The van der Waals surface area contributed by atoms with Gasteiger partial charge < -0.3 is 14.2 Å². The van der Waals surface area contributed by atoms with E-state index in [1.807, 2.05) is 37.4 Å². The highest BCUT2D eigenvalue weighted by Gasteiger charge is 2.27. The van der Waals surface area contributed by atoms with Crippen LogP contribution in [0.4, 0.5) is 0 Å². The maximum absolute atomic E-state index is 12.9. The largest absolute Gasteiger partial charge is 0.486 e. The maximum Gasteiger partial charge on any atom is 0.243 e. The van der Waals surface area contributed by atoms with E-state index in [0.717, 1.165) is 17.1 Å². The molecule has 7 nitrogen and oxygen atoms in total. The number of hydrogen-bond donors (Lipinski definition) is 0. The van der Waals surface area contributed by atoms with Crippen molar-refractivity contribution in [2.24, 2.45) is 0 Å². The minimum absolute atomic E-state index is 0.0739. The van der Waals surface area contributed by atoms with E-state index in [1.54, 1.807) is 18.2 Å². The first-order valence-corrected chi connectivity index (χ1v) is 11.2. The zero-order valence-electron chi connectivity index (χ0n) is 16.5. The molecule has 2 heterocycles. The molecule has 0 amide bonds. The van der Waals surface area contributed by atoms with Gasteiger partial charge in [-0.05, 0) is 36.9 Å². The maximum atomic E-state index is 12.9. The summed E-state index contributed by atoms with van der Waals surface area (Å²) in [6, 6.07) is 14.8. The molecule has 4 rings (SSSR count). The lowest BCUT2D eigenvalue weighted by molar-refractivity contribution is 0.0638. The van der Waals surface area contributed by atoms with Crippen LogP contribution >= 0.6 is 0 Å². The standard InChI is InChI=1S/C21H26N2O5S/c1-22(15-18-16-27-20-7-2-3-8-21(20)28-18)14-17-5-4-6-19(13-17)29(24,25)23-9-11-26-12-10-23/h2-8,13,18H,9-12,14-16H2,1H3/t18-/m1/s1. The molecule has 0 saturated carbocycles. The lowest BCUT2D eigenvalue weighted by Gasteiger charge is -2.29. The number of likely N-dealkylation sites (N-methyl/N-ethyl adjacent to an activating group) is 1. The quantitative estimate of drug-likeness (QED) is 0.715. The molecule has 0 spiro atoms. The van der Waals surface area contributed by atoms with Gasteiger partial charge in [-0.15, -0.1) is 0 Å². The zero-order valence-corrected chi connectivity index (χ0v) is 17.3. The fourth-order valence-corrected chi connectivity index (χ4v) is 5.10. The molecule has 0 aliphatic carbocycles. The van der Waals surface area contributed by atoms with E-state index in [4.69, 9.17) is 14.2 Å². The number of fused-ring (bicyclic) bond motifs is 1. The highest BCUT2D eigenvalue weighted by atomic mass is 32.2. The Morgan fingerprint density at radius 3 is 2.62 bits per heavy atom. The molecule has 1 atom stereocenters. The summed E-state index contributed by atoms with van der Waals surface area (Å²) in [6.45, 7) is 3.46. The lowest BCUT2D eigenvalue weighted by Crippen LogP contribution is -2.40. The Bertz CT molecular complexity index is 944. The van der Waals surface area contributed by atoms with E-state index in [1.165, 1.54) is 4.31 Å². The number of para-hydroxylation sites is 2. The predicted octanol–water partition coefficient (Wildman–Crippen LogP) is 1.98. The molecule has 0 N–H and O–H groups in total. The van der Waals surface area contributed by atoms with Crippen molar-refractivity contribution in [3.63, 3.8) is 0 Å². The SMILES string of the molecule is CN(Cc1cccc(S(=O)(=O)N2CCOCC2)c1)C[C@@H]1COc2ccccc2O1. The first-order valence-electron chi connectivity index (χ1n) is 9.76. The molecule has 2 aromatic rings. The third-order valence-corrected chi connectivity index (χ3v) is 6.94. The van der Waals surface area contributed by atoms with Crippen LogP contribution in [0.15, 0.2) is 53.4 Å². The van der Waals surface area contributed by atoms with Crippen molar-refractivity contribution in [1.29, 1.82) is 0 Å². The van der Waals surface area contributed by atoms with Crippen LogP contribution in [0.5, 0.6) is 11.5 Å². The third kappa shape index (κ3) is 4.72. The van der Waals surface area contributed by atoms with Gasteiger partial charge >= 0.3 is 0 Å².